The third kappa shape index (κ3) is 7.16. The van der Waals surface area contributed by atoms with Crippen LogP contribution in [0.4, 0.5) is 5.82 Å². The summed E-state index contributed by atoms with van der Waals surface area (Å²) >= 11 is 5.98. The molecule has 0 saturated carbocycles. The van der Waals surface area contributed by atoms with Crippen LogP contribution >= 0.6 is 11.6 Å². The van der Waals surface area contributed by atoms with Gasteiger partial charge in [-0.05, 0) is 79.9 Å². The number of carbonyl (C=O) groups excluding carboxylic acids is 1. The first-order valence-corrected chi connectivity index (χ1v) is 15.5. The number of sulfonamides is 1. The molecule has 218 valence electrons. The number of anilines is 1. The summed E-state index contributed by atoms with van der Waals surface area (Å²) in [5, 5.41) is 9.29. The van der Waals surface area contributed by atoms with E-state index in [0.29, 0.717) is 37.8 Å². The fourth-order valence-corrected chi connectivity index (χ4v) is 6.62. The Morgan fingerprint density at radius 2 is 1.78 bits per heavy atom. The van der Waals surface area contributed by atoms with Gasteiger partial charge in [0.05, 0.1) is 30.3 Å². The van der Waals surface area contributed by atoms with Gasteiger partial charge in [-0.3, -0.25) is 4.79 Å². The molecular formula is C29H34ClN5O5S. The van der Waals surface area contributed by atoms with Crippen LogP contribution in [0.5, 0.6) is 5.75 Å². The van der Waals surface area contributed by atoms with E-state index in [-0.39, 0.29) is 30.0 Å². The lowest BCUT2D eigenvalue weighted by Crippen LogP contribution is -2.46. The highest BCUT2D eigenvalue weighted by atomic mass is 35.5. The van der Waals surface area contributed by atoms with Crippen molar-refractivity contribution >= 4 is 33.3 Å². The number of nitrogens with zero attached hydrogens (tertiary/aromatic N) is 5. The predicted molar refractivity (Wildman–Crippen MR) is 157 cm³/mol. The van der Waals surface area contributed by atoms with Crippen LogP contribution in [0.25, 0.3) is 11.3 Å². The minimum atomic E-state index is -3.92. The zero-order chi connectivity index (χ0) is 28.8. The largest absolute Gasteiger partial charge is 0.497 e. The van der Waals surface area contributed by atoms with Gasteiger partial charge in [0.1, 0.15) is 5.75 Å². The lowest BCUT2D eigenvalue weighted by molar-refractivity contribution is -0.131. The van der Waals surface area contributed by atoms with Crippen LogP contribution in [0, 0.1) is 0 Å². The van der Waals surface area contributed by atoms with Gasteiger partial charge in [0.15, 0.2) is 5.82 Å². The van der Waals surface area contributed by atoms with E-state index >= 15 is 0 Å². The molecule has 1 unspecified atom stereocenters. The minimum Gasteiger partial charge on any atom is -0.497 e. The molecule has 41 heavy (non-hydrogen) atoms. The quantitative estimate of drug-likeness (QED) is 0.367. The molecule has 1 aromatic heterocycles. The summed E-state index contributed by atoms with van der Waals surface area (Å²) in [7, 11) is -2.29. The van der Waals surface area contributed by atoms with E-state index in [4.69, 9.17) is 21.1 Å². The Labute approximate surface area is 245 Å². The first-order valence-electron chi connectivity index (χ1n) is 13.7. The maximum Gasteiger partial charge on any atom is 0.243 e. The zero-order valence-electron chi connectivity index (χ0n) is 23.0. The summed E-state index contributed by atoms with van der Waals surface area (Å²) < 4.78 is 39.3. The van der Waals surface area contributed by atoms with Crippen molar-refractivity contribution in [3.05, 3.63) is 65.7 Å². The average Bonchev–Trinajstić information content (AvgIpc) is 3.38. The molecule has 0 N–H and O–H groups in total. The van der Waals surface area contributed by atoms with Crippen molar-refractivity contribution in [3.8, 4) is 17.0 Å². The van der Waals surface area contributed by atoms with Crippen molar-refractivity contribution < 1.29 is 22.7 Å². The van der Waals surface area contributed by atoms with Crippen molar-refractivity contribution in [1.82, 2.24) is 19.4 Å². The minimum absolute atomic E-state index is 0.103. The summed E-state index contributed by atoms with van der Waals surface area (Å²) in [6.45, 7) is 2.74. The highest BCUT2D eigenvalue weighted by Crippen LogP contribution is 2.24. The number of ether oxygens (including phenoxy) is 2. The molecule has 2 aliphatic rings. The van der Waals surface area contributed by atoms with Gasteiger partial charge in [0, 0.05) is 49.9 Å². The Bertz CT molecular complexity index is 1420. The standard InChI is InChI=1S/C29H34ClN5O5S/c1-39-24-9-5-22(6-10-24)27-13-14-28(32-31-27)33-15-3-16-34(18-17-33)29(36)21-35(20-25-4-2-19-40-25)41(37,38)26-11-7-23(30)8-12-26/h5-14,25H,2-4,15-21H2,1H3. The van der Waals surface area contributed by atoms with Gasteiger partial charge < -0.3 is 19.3 Å². The predicted octanol–water partition coefficient (Wildman–Crippen LogP) is 3.71. The van der Waals surface area contributed by atoms with E-state index in [1.165, 1.54) is 28.6 Å². The second-order valence-electron chi connectivity index (χ2n) is 10.1. The number of halogens is 1. The summed E-state index contributed by atoms with van der Waals surface area (Å²) in [6.07, 6.45) is 2.13. The summed E-state index contributed by atoms with van der Waals surface area (Å²) in [5.41, 5.74) is 1.70. The number of hydrogen-bond donors (Lipinski definition) is 0. The molecule has 0 spiro atoms. The van der Waals surface area contributed by atoms with Crippen molar-refractivity contribution in [3.63, 3.8) is 0 Å². The third-order valence-corrected chi connectivity index (χ3v) is 9.48. The van der Waals surface area contributed by atoms with Crippen LogP contribution < -0.4 is 9.64 Å². The second-order valence-corrected chi connectivity index (χ2v) is 12.5. The van der Waals surface area contributed by atoms with E-state index in [1.807, 2.05) is 36.4 Å². The number of amides is 1. The molecule has 1 amide bonds. The van der Waals surface area contributed by atoms with Gasteiger partial charge in [0.2, 0.25) is 15.9 Å². The first kappa shape index (κ1) is 29.2. The maximum atomic E-state index is 13.5. The van der Waals surface area contributed by atoms with Crippen molar-refractivity contribution in [1.29, 1.82) is 0 Å². The SMILES string of the molecule is COc1ccc(-c2ccc(N3CCCN(C(=O)CN(CC4CCCO4)S(=O)(=O)c4ccc(Cl)cc4)CC3)nn2)cc1. The smallest absolute Gasteiger partial charge is 0.243 e. The van der Waals surface area contributed by atoms with Crippen LogP contribution in [0.2, 0.25) is 5.02 Å². The number of rotatable bonds is 9. The summed E-state index contributed by atoms with van der Waals surface area (Å²) in [6, 6.07) is 17.5. The number of carbonyl (C=O) groups is 1. The van der Waals surface area contributed by atoms with Crippen LogP contribution in [0.15, 0.2) is 65.6 Å². The molecule has 10 nitrogen and oxygen atoms in total. The Morgan fingerprint density at radius 3 is 2.44 bits per heavy atom. The molecule has 1 atom stereocenters. The average molecular weight is 600 g/mol. The lowest BCUT2D eigenvalue weighted by atomic mass is 10.1. The normalized spacial score (nSPS) is 18.0. The molecule has 3 aromatic rings. The van der Waals surface area contributed by atoms with Gasteiger partial charge in [-0.25, -0.2) is 8.42 Å². The van der Waals surface area contributed by atoms with Crippen LogP contribution in [-0.4, -0.2) is 92.8 Å². The molecule has 0 radical (unpaired) electrons. The molecule has 0 bridgehead atoms. The van der Waals surface area contributed by atoms with Crippen LogP contribution in [0.3, 0.4) is 0 Å². The van der Waals surface area contributed by atoms with Crippen molar-refractivity contribution in [2.75, 3.05) is 57.9 Å². The third-order valence-electron chi connectivity index (χ3n) is 7.40. The fourth-order valence-electron chi connectivity index (χ4n) is 5.08. The number of aromatic nitrogens is 2. The number of benzene rings is 2. The van der Waals surface area contributed by atoms with Gasteiger partial charge >= 0.3 is 0 Å². The molecule has 3 heterocycles. The van der Waals surface area contributed by atoms with Gasteiger partial charge in [-0.1, -0.05) is 11.6 Å². The molecule has 2 saturated heterocycles. The van der Waals surface area contributed by atoms with Crippen molar-refractivity contribution in [2.45, 2.75) is 30.3 Å². The lowest BCUT2D eigenvalue weighted by Gasteiger charge is -2.28. The van der Waals surface area contributed by atoms with Gasteiger partial charge in [0.25, 0.3) is 0 Å². The van der Waals surface area contributed by atoms with E-state index in [0.717, 1.165) is 42.1 Å². The summed E-state index contributed by atoms with van der Waals surface area (Å²) in [4.78, 5) is 17.4. The molecule has 0 aliphatic carbocycles. The Balaban J connectivity index is 1.24. The second kappa shape index (κ2) is 13.2. The molecule has 2 aliphatic heterocycles. The summed E-state index contributed by atoms with van der Waals surface area (Å²) in [5.74, 6) is 1.28. The highest BCUT2D eigenvalue weighted by Gasteiger charge is 2.32. The number of methoxy groups -OCH3 is 1. The van der Waals surface area contributed by atoms with E-state index in [9.17, 15) is 13.2 Å². The Kier molecular flexibility index (Phi) is 9.39. The monoisotopic (exact) mass is 599 g/mol. The molecule has 5 rings (SSSR count). The van der Waals surface area contributed by atoms with Crippen LogP contribution in [-0.2, 0) is 19.6 Å². The zero-order valence-corrected chi connectivity index (χ0v) is 24.6. The van der Waals surface area contributed by atoms with Gasteiger partial charge in [-0.2, -0.15) is 4.31 Å². The topological polar surface area (TPSA) is 105 Å². The van der Waals surface area contributed by atoms with Crippen molar-refractivity contribution in [2.24, 2.45) is 0 Å². The molecule has 12 heteroatoms. The first-order chi connectivity index (χ1) is 19.8. The Hall–Kier alpha value is -3.25. The highest BCUT2D eigenvalue weighted by molar-refractivity contribution is 7.89. The molecular weight excluding hydrogens is 566 g/mol. The van der Waals surface area contributed by atoms with Crippen LogP contribution in [0.1, 0.15) is 19.3 Å². The Morgan fingerprint density at radius 1 is 1.00 bits per heavy atom. The fraction of sp³-hybridized carbons (Fsp3) is 0.414. The maximum absolute atomic E-state index is 13.5. The molecule has 2 fully saturated rings. The van der Waals surface area contributed by atoms with E-state index in [2.05, 4.69) is 15.1 Å². The van der Waals surface area contributed by atoms with E-state index < -0.39 is 10.0 Å². The molecule has 2 aromatic carbocycles. The number of hydrogen-bond acceptors (Lipinski definition) is 8. The van der Waals surface area contributed by atoms with E-state index in [1.54, 1.807) is 12.0 Å². The van der Waals surface area contributed by atoms with Gasteiger partial charge in [-0.15, -0.1) is 10.2 Å².